The van der Waals surface area contributed by atoms with Crippen LogP contribution < -0.4 is 0 Å². The highest BCUT2D eigenvalue weighted by molar-refractivity contribution is 6.00. The van der Waals surface area contributed by atoms with Gasteiger partial charge in [-0.1, -0.05) is 27.7 Å². The predicted molar refractivity (Wildman–Crippen MR) is 100 cm³/mol. The molecule has 0 aromatic rings. The first kappa shape index (κ1) is 19.5. The van der Waals surface area contributed by atoms with Crippen LogP contribution >= 0.6 is 0 Å². The number of rotatable bonds is 1. The molecule has 1 N–H and O–H groups in total. The lowest BCUT2D eigenvalue weighted by Crippen LogP contribution is -2.79. The fourth-order valence-electron chi connectivity index (χ4n) is 7.74. The Morgan fingerprint density at radius 1 is 1.17 bits per heavy atom. The fraction of sp³-hybridized carbons (Fsp3) is 0.818. The number of carbonyl (C=O) groups excluding carboxylic acids is 2. The zero-order valence-corrected chi connectivity index (χ0v) is 17.6. The molecule has 3 aliphatic carbocycles. The molecule has 2 heterocycles. The van der Waals surface area contributed by atoms with Crippen molar-refractivity contribution in [3.63, 3.8) is 0 Å². The van der Waals surface area contributed by atoms with Gasteiger partial charge >= 0.3 is 5.97 Å². The number of hydrogen-bond acceptors (Lipinski definition) is 7. The Morgan fingerprint density at radius 3 is 2.55 bits per heavy atom. The molecule has 2 saturated carbocycles. The van der Waals surface area contributed by atoms with Gasteiger partial charge in [0.25, 0.3) is 0 Å². The maximum Gasteiger partial charge on any atom is 0.309 e. The quantitative estimate of drug-likeness (QED) is 0.664. The second-order valence-electron chi connectivity index (χ2n) is 10.1. The molecular weight excluding hydrogens is 376 g/mol. The van der Waals surface area contributed by atoms with Gasteiger partial charge in [-0.2, -0.15) is 0 Å². The third-order valence-electron chi connectivity index (χ3n) is 9.22. The Balaban J connectivity index is 1.76. The van der Waals surface area contributed by atoms with Crippen LogP contribution in [0.15, 0.2) is 11.8 Å². The van der Waals surface area contributed by atoms with Gasteiger partial charge in [0, 0.05) is 22.7 Å². The highest BCUT2D eigenvalue weighted by atomic mass is 16.7. The number of ketones is 1. The molecule has 0 amide bonds. The van der Waals surface area contributed by atoms with E-state index < -0.39 is 22.5 Å². The summed E-state index contributed by atoms with van der Waals surface area (Å²) in [6, 6.07) is 0. The van der Waals surface area contributed by atoms with E-state index >= 15 is 0 Å². The summed E-state index contributed by atoms with van der Waals surface area (Å²) in [5, 5.41) is 12.0. The largest absolute Gasteiger partial charge is 0.493 e. The fourth-order valence-corrected chi connectivity index (χ4v) is 7.74. The first-order valence-electron chi connectivity index (χ1n) is 10.6. The molecule has 2 saturated heterocycles. The highest BCUT2D eigenvalue weighted by Crippen LogP contribution is 2.70. The van der Waals surface area contributed by atoms with E-state index in [1.807, 2.05) is 26.8 Å². The molecule has 0 spiro atoms. The lowest BCUT2D eigenvalue weighted by molar-refractivity contribution is -0.315. The monoisotopic (exact) mass is 406 g/mol. The van der Waals surface area contributed by atoms with Crippen LogP contribution in [-0.4, -0.2) is 54.7 Å². The summed E-state index contributed by atoms with van der Waals surface area (Å²) in [7, 11) is 1.52. The molecule has 0 aromatic carbocycles. The number of esters is 1. The summed E-state index contributed by atoms with van der Waals surface area (Å²) >= 11 is 0. The highest BCUT2D eigenvalue weighted by Gasteiger charge is 2.78. The van der Waals surface area contributed by atoms with Crippen molar-refractivity contribution in [3.8, 4) is 0 Å². The van der Waals surface area contributed by atoms with Crippen LogP contribution in [0.25, 0.3) is 0 Å². The molecule has 7 heteroatoms. The van der Waals surface area contributed by atoms with Crippen molar-refractivity contribution in [1.29, 1.82) is 0 Å². The van der Waals surface area contributed by atoms with Crippen molar-refractivity contribution in [1.82, 2.24) is 0 Å². The van der Waals surface area contributed by atoms with Crippen LogP contribution in [0.2, 0.25) is 0 Å². The summed E-state index contributed by atoms with van der Waals surface area (Å²) in [6.07, 6.45) is 1.11. The van der Waals surface area contributed by atoms with E-state index in [1.165, 1.54) is 7.11 Å². The number of carbonyl (C=O) groups is 2. The lowest BCUT2D eigenvalue weighted by atomic mass is 9.37. The first-order chi connectivity index (χ1) is 13.6. The second-order valence-corrected chi connectivity index (χ2v) is 10.1. The topological polar surface area (TPSA) is 91.3 Å². The van der Waals surface area contributed by atoms with E-state index in [-0.39, 0.29) is 60.8 Å². The van der Waals surface area contributed by atoms with Gasteiger partial charge < -0.3 is 24.1 Å². The number of hydrogen-bond donors (Lipinski definition) is 1. The van der Waals surface area contributed by atoms with Gasteiger partial charge in [-0.3, -0.25) is 9.59 Å². The van der Waals surface area contributed by atoms with Crippen LogP contribution in [-0.2, 0) is 28.5 Å². The van der Waals surface area contributed by atoms with Gasteiger partial charge in [-0.05, 0) is 24.3 Å². The van der Waals surface area contributed by atoms with E-state index in [0.717, 1.165) is 0 Å². The molecule has 10 atom stereocenters. The molecule has 10 unspecified atom stereocenters. The smallest absolute Gasteiger partial charge is 0.309 e. The molecule has 0 aromatic heterocycles. The van der Waals surface area contributed by atoms with Crippen LogP contribution in [0.4, 0.5) is 0 Å². The molecule has 29 heavy (non-hydrogen) atoms. The Morgan fingerprint density at radius 2 is 1.86 bits per heavy atom. The number of ether oxygens (including phenoxy) is 4. The average molecular weight is 406 g/mol. The SMILES string of the molecule is COC1=CC(C)C2CC3OC(=O)CC4(O)C(C)C5OCOC5C(C2(C)C1=O)C34C. The minimum absolute atomic E-state index is 0.0506. The molecule has 5 rings (SSSR count). The number of Topliss-reactive ketones (excluding diaryl/α,β-unsaturated/α-hetero) is 1. The average Bonchev–Trinajstić information content (AvgIpc) is 3.13. The van der Waals surface area contributed by atoms with Crippen molar-refractivity contribution in [2.45, 2.75) is 64.4 Å². The lowest BCUT2D eigenvalue weighted by Gasteiger charge is -2.70. The zero-order valence-electron chi connectivity index (χ0n) is 17.6. The van der Waals surface area contributed by atoms with E-state index in [4.69, 9.17) is 18.9 Å². The van der Waals surface area contributed by atoms with Gasteiger partial charge in [-0.15, -0.1) is 0 Å². The minimum Gasteiger partial charge on any atom is -0.493 e. The van der Waals surface area contributed by atoms with Crippen molar-refractivity contribution < 1.29 is 33.6 Å². The number of methoxy groups -OCH3 is 1. The molecule has 5 aliphatic rings. The normalized spacial score (nSPS) is 55.9. The van der Waals surface area contributed by atoms with Gasteiger partial charge in [0.2, 0.25) is 5.78 Å². The van der Waals surface area contributed by atoms with Gasteiger partial charge in [-0.25, -0.2) is 0 Å². The summed E-state index contributed by atoms with van der Waals surface area (Å²) in [4.78, 5) is 26.3. The number of aliphatic hydroxyl groups is 1. The third-order valence-corrected chi connectivity index (χ3v) is 9.22. The van der Waals surface area contributed by atoms with Crippen LogP contribution in [0.5, 0.6) is 0 Å². The van der Waals surface area contributed by atoms with Crippen LogP contribution in [0, 0.1) is 34.5 Å². The van der Waals surface area contributed by atoms with E-state index in [9.17, 15) is 14.7 Å². The Kier molecular flexibility index (Phi) is 3.92. The maximum atomic E-state index is 13.7. The maximum absolute atomic E-state index is 13.7. The molecule has 2 aliphatic heterocycles. The minimum atomic E-state index is -1.33. The van der Waals surface area contributed by atoms with Crippen molar-refractivity contribution in [2.75, 3.05) is 13.9 Å². The molecular formula is C22H30O7. The van der Waals surface area contributed by atoms with Crippen molar-refractivity contribution >= 4 is 11.8 Å². The Labute approximate surface area is 170 Å². The molecule has 0 radical (unpaired) electrons. The molecule has 7 nitrogen and oxygen atoms in total. The Bertz CT molecular complexity index is 807. The van der Waals surface area contributed by atoms with E-state index in [0.29, 0.717) is 12.2 Å². The van der Waals surface area contributed by atoms with Gasteiger partial charge in [0.15, 0.2) is 5.76 Å². The molecule has 0 bridgehead atoms. The molecule has 4 fully saturated rings. The number of fused-ring (bicyclic) bond motifs is 4. The van der Waals surface area contributed by atoms with Gasteiger partial charge in [0.05, 0.1) is 31.3 Å². The first-order valence-corrected chi connectivity index (χ1v) is 10.6. The number of allylic oxidation sites excluding steroid dienone is 2. The van der Waals surface area contributed by atoms with Crippen molar-refractivity contribution in [3.05, 3.63) is 11.8 Å². The second kappa shape index (κ2) is 5.83. The summed E-state index contributed by atoms with van der Waals surface area (Å²) in [5.41, 5.74) is -2.98. The summed E-state index contributed by atoms with van der Waals surface area (Å²) in [6.45, 7) is 8.08. The van der Waals surface area contributed by atoms with Crippen LogP contribution in [0.3, 0.4) is 0 Å². The van der Waals surface area contributed by atoms with Crippen molar-refractivity contribution in [2.24, 2.45) is 34.5 Å². The zero-order chi connectivity index (χ0) is 20.9. The standard InChI is InChI=1S/C22H30O7/c1-10-6-13(26-5)19(24)20(3)12(10)7-14-21(4)18(20)17-16(27-9-28-17)11(2)22(21,25)8-15(23)29-14/h6,10-12,14,16-18,25H,7-9H2,1-5H3. The summed E-state index contributed by atoms with van der Waals surface area (Å²) < 4.78 is 23.3. The predicted octanol–water partition coefficient (Wildman–Crippen LogP) is 1.82. The van der Waals surface area contributed by atoms with E-state index in [1.54, 1.807) is 0 Å². The summed E-state index contributed by atoms with van der Waals surface area (Å²) in [5.74, 6) is -0.755. The van der Waals surface area contributed by atoms with E-state index in [2.05, 4.69) is 6.92 Å². The van der Waals surface area contributed by atoms with Crippen LogP contribution in [0.1, 0.15) is 40.5 Å². The third kappa shape index (κ3) is 2.04. The van der Waals surface area contributed by atoms with Gasteiger partial charge in [0.1, 0.15) is 12.9 Å². The Hall–Kier alpha value is -1.44. The molecule has 160 valence electrons.